The van der Waals surface area contributed by atoms with Gasteiger partial charge in [0.05, 0.1) is 11.1 Å². The van der Waals surface area contributed by atoms with Crippen LogP contribution in [0.3, 0.4) is 0 Å². The highest BCUT2D eigenvalue weighted by molar-refractivity contribution is 6.32. The molecule has 0 unspecified atom stereocenters. The molecule has 3 N–H and O–H groups in total. The van der Waals surface area contributed by atoms with Gasteiger partial charge in [-0.3, -0.25) is 4.79 Å². The number of alkyl halides is 3. The van der Waals surface area contributed by atoms with E-state index in [4.69, 9.17) is 22.1 Å². The summed E-state index contributed by atoms with van der Waals surface area (Å²) in [5, 5.41) is 1.60. The van der Waals surface area contributed by atoms with Gasteiger partial charge < -0.3 is 15.5 Å². The van der Waals surface area contributed by atoms with Crippen molar-refractivity contribution in [2.75, 3.05) is 0 Å². The fourth-order valence-corrected chi connectivity index (χ4v) is 4.83. The molecule has 0 bridgehead atoms. The number of pyridine rings is 1. The summed E-state index contributed by atoms with van der Waals surface area (Å²) in [5.74, 6) is 0.518. The molecule has 1 atom stereocenters. The molecule has 1 aromatic heterocycles. The molecule has 30 heavy (non-hydrogen) atoms. The van der Waals surface area contributed by atoms with Gasteiger partial charge in [0.25, 0.3) is 5.56 Å². The molecule has 0 spiro atoms. The highest BCUT2D eigenvalue weighted by Gasteiger charge is 2.40. The Morgan fingerprint density at radius 3 is 2.67 bits per heavy atom. The minimum Gasteiger partial charge on any atom is -0.489 e. The van der Waals surface area contributed by atoms with Gasteiger partial charge in [-0.15, -0.1) is 0 Å². The number of aromatic nitrogens is 1. The molecule has 1 heterocycles. The van der Waals surface area contributed by atoms with Crippen LogP contribution in [-0.2, 0) is 0 Å². The summed E-state index contributed by atoms with van der Waals surface area (Å²) in [5.41, 5.74) is 5.87. The summed E-state index contributed by atoms with van der Waals surface area (Å²) < 4.78 is 44.0. The van der Waals surface area contributed by atoms with Crippen LogP contribution in [0.4, 0.5) is 13.2 Å². The smallest absolute Gasteiger partial charge is 0.389 e. The van der Waals surface area contributed by atoms with Crippen LogP contribution in [0, 0.1) is 5.41 Å². The molecule has 166 valence electrons. The standard InChI is InChI=1S/C22H28ClF3N2O2/c1-2-19(27)21(7-3-8-22(24,25)26)9-4-15(5-10-21)30-18-12-14-6-11-28-20(29)16(14)13-17(18)23/h6,11-13,15,19H,2-5,7-10,27H2,1H3,(H,28,29)/t15-,19-,21-/m1/s1. The lowest BCUT2D eigenvalue weighted by Gasteiger charge is -2.44. The number of hydrogen-bond acceptors (Lipinski definition) is 3. The van der Waals surface area contributed by atoms with E-state index in [1.54, 1.807) is 24.4 Å². The van der Waals surface area contributed by atoms with Gasteiger partial charge in [0, 0.05) is 24.0 Å². The molecular formula is C22H28ClF3N2O2. The molecule has 8 heteroatoms. The lowest BCUT2D eigenvalue weighted by Crippen LogP contribution is -2.45. The van der Waals surface area contributed by atoms with Gasteiger partial charge in [0.15, 0.2) is 0 Å². The van der Waals surface area contributed by atoms with E-state index >= 15 is 0 Å². The highest BCUT2D eigenvalue weighted by atomic mass is 35.5. The van der Waals surface area contributed by atoms with E-state index in [1.165, 1.54) is 0 Å². The Kier molecular flexibility index (Phi) is 7.02. The van der Waals surface area contributed by atoms with Crippen molar-refractivity contribution in [3.05, 3.63) is 39.8 Å². The van der Waals surface area contributed by atoms with Crippen LogP contribution < -0.4 is 16.0 Å². The Balaban J connectivity index is 1.68. The van der Waals surface area contributed by atoms with Gasteiger partial charge in [-0.2, -0.15) is 13.2 Å². The summed E-state index contributed by atoms with van der Waals surface area (Å²) in [4.78, 5) is 14.5. The first-order valence-corrected chi connectivity index (χ1v) is 10.8. The van der Waals surface area contributed by atoms with Gasteiger partial charge in [-0.05, 0) is 73.9 Å². The molecule has 0 radical (unpaired) electrons. The van der Waals surface area contributed by atoms with Crippen LogP contribution in [-0.4, -0.2) is 23.3 Å². The van der Waals surface area contributed by atoms with Crippen molar-refractivity contribution in [2.45, 2.75) is 76.6 Å². The normalized spacial score (nSPS) is 23.5. The third kappa shape index (κ3) is 5.30. The van der Waals surface area contributed by atoms with Crippen LogP contribution in [0.25, 0.3) is 10.8 Å². The Morgan fingerprint density at radius 2 is 2.03 bits per heavy atom. The van der Waals surface area contributed by atoms with Crippen molar-refractivity contribution in [1.82, 2.24) is 4.98 Å². The molecule has 1 aliphatic rings. The average Bonchev–Trinajstić information content (AvgIpc) is 2.69. The first-order chi connectivity index (χ1) is 14.1. The van der Waals surface area contributed by atoms with Gasteiger partial charge >= 0.3 is 6.18 Å². The van der Waals surface area contributed by atoms with Gasteiger partial charge in [0.2, 0.25) is 0 Å². The number of aromatic amines is 1. The molecule has 1 saturated carbocycles. The Bertz CT molecular complexity index is 921. The van der Waals surface area contributed by atoms with Gasteiger partial charge in [-0.25, -0.2) is 0 Å². The summed E-state index contributed by atoms with van der Waals surface area (Å²) in [6.07, 6.45) is 0.803. The van der Waals surface area contributed by atoms with Crippen LogP contribution in [0.5, 0.6) is 5.75 Å². The number of benzene rings is 1. The zero-order valence-electron chi connectivity index (χ0n) is 17.0. The van der Waals surface area contributed by atoms with E-state index in [-0.39, 0.29) is 29.5 Å². The maximum absolute atomic E-state index is 12.6. The second-order valence-electron chi connectivity index (χ2n) is 8.34. The van der Waals surface area contributed by atoms with Crippen molar-refractivity contribution in [3.8, 4) is 5.75 Å². The largest absolute Gasteiger partial charge is 0.489 e. The minimum absolute atomic E-state index is 0.0817. The molecular weight excluding hydrogens is 417 g/mol. The first-order valence-electron chi connectivity index (χ1n) is 10.4. The zero-order chi connectivity index (χ0) is 21.9. The molecule has 1 fully saturated rings. The summed E-state index contributed by atoms with van der Waals surface area (Å²) in [7, 11) is 0. The average molecular weight is 445 g/mol. The number of H-pyrrole nitrogens is 1. The minimum atomic E-state index is -4.13. The van der Waals surface area contributed by atoms with E-state index < -0.39 is 12.6 Å². The molecule has 2 aromatic rings. The lowest BCUT2D eigenvalue weighted by molar-refractivity contribution is -0.137. The fourth-order valence-electron chi connectivity index (χ4n) is 4.62. The third-order valence-electron chi connectivity index (χ3n) is 6.41. The summed E-state index contributed by atoms with van der Waals surface area (Å²) in [6.45, 7) is 1.98. The van der Waals surface area contributed by atoms with Crippen LogP contribution in [0.2, 0.25) is 5.02 Å². The van der Waals surface area contributed by atoms with Crippen molar-refractivity contribution in [1.29, 1.82) is 0 Å². The zero-order valence-corrected chi connectivity index (χ0v) is 17.8. The second kappa shape index (κ2) is 9.18. The predicted molar refractivity (Wildman–Crippen MR) is 113 cm³/mol. The number of halogens is 4. The van der Waals surface area contributed by atoms with Crippen LogP contribution in [0.1, 0.15) is 58.3 Å². The molecule has 1 aromatic carbocycles. The lowest BCUT2D eigenvalue weighted by atomic mass is 9.65. The molecule has 3 rings (SSSR count). The van der Waals surface area contributed by atoms with Gasteiger partial charge in [-0.1, -0.05) is 18.5 Å². The van der Waals surface area contributed by atoms with E-state index in [0.29, 0.717) is 35.4 Å². The second-order valence-corrected chi connectivity index (χ2v) is 8.75. The van der Waals surface area contributed by atoms with Crippen molar-refractivity contribution in [2.24, 2.45) is 11.1 Å². The Labute approximate surface area is 178 Å². The third-order valence-corrected chi connectivity index (χ3v) is 6.70. The number of ether oxygens (including phenoxy) is 1. The monoisotopic (exact) mass is 444 g/mol. The molecule has 0 aliphatic heterocycles. The van der Waals surface area contributed by atoms with Crippen LogP contribution in [0.15, 0.2) is 29.2 Å². The van der Waals surface area contributed by atoms with Crippen molar-refractivity contribution in [3.63, 3.8) is 0 Å². The number of rotatable bonds is 7. The van der Waals surface area contributed by atoms with E-state index in [2.05, 4.69) is 4.98 Å². The first kappa shape index (κ1) is 22.9. The van der Waals surface area contributed by atoms with Crippen molar-refractivity contribution >= 4 is 22.4 Å². The fraction of sp³-hybridized carbons (Fsp3) is 0.591. The number of nitrogens with one attached hydrogen (secondary N) is 1. The number of hydrogen-bond donors (Lipinski definition) is 2. The molecule has 0 amide bonds. The van der Waals surface area contributed by atoms with Crippen molar-refractivity contribution < 1.29 is 17.9 Å². The summed E-state index contributed by atoms with van der Waals surface area (Å²) >= 11 is 6.33. The van der Waals surface area contributed by atoms with E-state index in [1.807, 2.05) is 6.92 Å². The maximum Gasteiger partial charge on any atom is 0.389 e. The Morgan fingerprint density at radius 1 is 1.33 bits per heavy atom. The Hall–Kier alpha value is -1.73. The van der Waals surface area contributed by atoms with Crippen LogP contribution >= 0.6 is 11.6 Å². The highest BCUT2D eigenvalue weighted by Crippen LogP contribution is 2.45. The number of fused-ring (bicyclic) bond motifs is 1. The van der Waals surface area contributed by atoms with Gasteiger partial charge in [0.1, 0.15) is 5.75 Å². The topological polar surface area (TPSA) is 68.1 Å². The molecule has 0 saturated heterocycles. The predicted octanol–water partition coefficient (Wildman–Crippen LogP) is 5.96. The maximum atomic E-state index is 12.6. The molecule has 1 aliphatic carbocycles. The van der Waals surface area contributed by atoms with E-state index in [9.17, 15) is 18.0 Å². The van der Waals surface area contributed by atoms with E-state index in [0.717, 1.165) is 24.6 Å². The molecule has 4 nitrogen and oxygen atoms in total. The number of nitrogens with two attached hydrogens (primary N) is 1. The quantitative estimate of drug-likeness (QED) is 0.553. The summed E-state index contributed by atoms with van der Waals surface area (Å²) in [6, 6.07) is 5.02. The SMILES string of the molecule is CC[C@@H](N)[C@]1(CCCC(F)(F)F)CC[C@@H](Oc2cc3cc[nH]c(=O)c3cc2Cl)CC1.